The van der Waals surface area contributed by atoms with Crippen LogP contribution in [0.15, 0.2) is 30.3 Å². The number of carboxylic acids is 1. The summed E-state index contributed by atoms with van der Waals surface area (Å²) in [7, 11) is 0. The van der Waals surface area contributed by atoms with Gasteiger partial charge in [0, 0.05) is 11.0 Å². The monoisotopic (exact) mass is 280 g/mol. The van der Waals surface area contributed by atoms with Crippen molar-refractivity contribution in [2.75, 3.05) is 12.4 Å². The van der Waals surface area contributed by atoms with Gasteiger partial charge in [0.05, 0.1) is 12.5 Å². The quantitative estimate of drug-likeness (QED) is 0.870. The van der Waals surface area contributed by atoms with Gasteiger partial charge in [-0.25, -0.2) is 0 Å². The lowest BCUT2D eigenvalue weighted by atomic mass is 9.78. The first-order valence-electron chi connectivity index (χ1n) is 6.72. The number of benzene rings is 1. The Bertz CT molecular complexity index is 407. The van der Waals surface area contributed by atoms with E-state index in [1.54, 1.807) is 11.8 Å². The van der Waals surface area contributed by atoms with Crippen LogP contribution in [0.25, 0.3) is 0 Å². The molecular formula is C15H20O3S. The van der Waals surface area contributed by atoms with E-state index in [0.717, 1.165) is 19.3 Å². The first-order chi connectivity index (χ1) is 9.22. The minimum Gasteiger partial charge on any atom is -0.481 e. The summed E-state index contributed by atoms with van der Waals surface area (Å²) in [4.78, 5) is 11.3. The largest absolute Gasteiger partial charge is 0.481 e. The van der Waals surface area contributed by atoms with Crippen LogP contribution in [0.3, 0.4) is 0 Å². The van der Waals surface area contributed by atoms with Crippen molar-refractivity contribution in [3.8, 4) is 0 Å². The van der Waals surface area contributed by atoms with Crippen LogP contribution in [-0.4, -0.2) is 33.8 Å². The van der Waals surface area contributed by atoms with E-state index in [1.165, 1.54) is 5.56 Å². The summed E-state index contributed by atoms with van der Waals surface area (Å²) in [6.45, 7) is 0.115. The highest BCUT2D eigenvalue weighted by atomic mass is 32.2. The average Bonchev–Trinajstić information content (AvgIpc) is 2.45. The Balaban J connectivity index is 2.05. The Morgan fingerprint density at radius 3 is 2.63 bits per heavy atom. The van der Waals surface area contributed by atoms with Gasteiger partial charge in [0.25, 0.3) is 0 Å². The molecule has 2 rings (SSSR count). The summed E-state index contributed by atoms with van der Waals surface area (Å²) in [5, 5.41) is 18.3. The lowest BCUT2D eigenvalue weighted by Gasteiger charge is -2.33. The molecule has 1 aliphatic carbocycles. The molecule has 1 fully saturated rings. The second-order valence-electron chi connectivity index (χ2n) is 5.00. The third kappa shape index (κ3) is 3.74. The SMILES string of the molecule is O=C(O)C1CCC(c2ccccc2)CC1SCCO. The van der Waals surface area contributed by atoms with E-state index >= 15 is 0 Å². The topological polar surface area (TPSA) is 57.5 Å². The molecule has 1 aliphatic rings. The summed E-state index contributed by atoms with van der Waals surface area (Å²) in [5.41, 5.74) is 1.31. The van der Waals surface area contributed by atoms with Gasteiger partial charge in [-0.1, -0.05) is 30.3 Å². The average molecular weight is 280 g/mol. The lowest BCUT2D eigenvalue weighted by Crippen LogP contribution is -2.32. The van der Waals surface area contributed by atoms with E-state index < -0.39 is 5.97 Å². The Hall–Kier alpha value is -1.00. The Kier molecular flexibility index (Phi) is 5.28. The third-order valence-corrected chi connectivity index (χ3v) is 5.17. The maximum absolute atomic E-state index is 11.3. The van der Waals surface area contributed by atoms with E-state index in [9.17, 15) is 9.90 Å². The van der Waals surface area contributed by atoms with Gasteiger partial charge >= 0.3 is 5.97 Å². The zero-order chi connectivity index (χ0) is 13.7. The summed E-state index contributed by atoms with van der Waals surface area (Å²) in [6.07, 6.45) is 2.57. The van der Waals surface area contributed by atoms with Crippen molar-refractivity contribution in [3.63, 3.8) is 0 Å². The first kappa shape index (κ1) is 14.4. The summed E-state index contributed by atoms with van der Waals surface area (Å²) in [5.74, 6) is 0.113. The van der Waals surface area contributed by atoms with Crippen molar-refractivity contribution < 1.29 is 15.0 Å². The van der Waals surface area contributed by atoms with Crippen LogP contribution in [0.4, 0.5) is 0 Å². The van der Waals surface area contributed by atoms with Crippen molar-refractivity contribution in [2.24, 2.45) is 5.92 Å². The molecule has 1 aromatic carbocycles. The zero-order valence-corrected chi connectivity index (χ0v) is 11.7. The molecule has 0 aromatic heterocycles. The van der Waals surface area contributed by atoms with Gasteiger partial charge in [0.15, 0.2) is 0 Å². The van der Waals surface area contributed by atoms with Gasteiger partial charge in [0.1, 0.15) is 0 Å². The normalized spacial score (nSPS) is 27.1. The standard InChI is InChI=1S/C15H20O3S/c16-8-9-19-14-10-12(6-7-13(14)15(17)18)11-4-2-1-3-5-11/h1-5,12-14,16H,6-10H2,(H,17,18). The molecule has 3 nitrogen and oxygen atoms in total. The van der Waals surface area contributed by atoms with Crippen molar-refractivity contribution >= 4 is 17.7 Å². The van der Waals surface area contributed by atoms with Crippen molar-refractivity contribution in [1.29, 1.82) is 0 Å². The van der Waals surface area contributed by atoms with Crippen molar-refractivity contribution in [1.82, 2.24) is 0 Å². The van der Waals surface area contributed by atoms with Crippen LogP contribution in [0, 0.1) is 5.92 Å². The number of carboxylic acid groups (broad SMARTS) is 1. The van der Waals surface area contributed by atoms with Crippen LogP contribution in [0.1, 0.15) is 30.7 Å². The van der Waals surface area contributed by atoms with E-state index in [-0.39, 0.29) is 17.8 Å². The van der Waals surface area contributed by atoms with Gasteiger partial charge in [-0.3, -0.25) is 4.79 Å². The van der Waals surface area contributed by atoms with Crippen LogP contribution < -0.4 is 0 Å². The number of hydrogen-bond donors (Lipinski definition) is 2. The molecule has 0 amide bonds. The molecule has 1 saturated carbocycles. The molecule has 104 valence electrons. The number of aliphatic hydroxyl groups excluding tert-OH is 1. The minimum absolute atomic E-state index is 0.114. The van der Waals surface area contributed by atoms with Crippen LogP contribution >= 0.6 is 11.8 Å². The van der Waals surface area contributed by atoms with Crippen LogP contribution in [-0.2, 0) is 4.79 Å². The summed E-state index contributed by atoms with van der Waals surface area (Å²) < 4.78 is 0. The van der Waals surface area contributed by atoms with E-state index in [1.807, 2.05) is 18.2 Å². The highest BCUT2D eigenvalue weighted by molar-refractivity contribution is 7.99. The fraction of sp³-hybridized carbons (Fsp3) is 0.533. The highest BCUT2D eigenvalue weighted by Gasteiger charge is 2.35. The van der Waals surface area contributed by atoms with Crippen LogP contribution in [0.5, 0.6) is 0 Å². The number of carbonyl (C=O) groups is 1. The van der Waals surface area contributed by atoms with Gasteiger partial charge < -0.3 is 10.2 Å². The van der Waals surface area contributed by atoms with Gasteiger partial charge in [-0.05, 0) is 30.7 Å². The van der Waals surface area contributed by atoms with Gasteiger partial charge in [-0.15, -0.1) is 0 Å². The number of aliphatic hydroxyl groups is 1. The second kappa shape index (κ2) is 6.96. The predicted molar refractivity (Wildman–Crippen MR) is 77.5 cm³/mol. The molecule has 1 aromatic rings. The fourth-order valence-corrected chi connectivity index (χ4v) is 4.09. The fourth-order valence-electron chi connectivity index (χ4n) is 2.83. The predicted octanol–water partition coefficient (Wildman–Crippen LogP) is 2.75. The Morgan fingerprint density at radius 2 is 2.00 bits per heavy atom. The first-order valence-corrected chi connectivity index (χ1v) is 7.77. The number of thioether (sulfide) groups is 1. The van der Waals surface area contributed by atoms with Crippen molar-refractivity contribution in [3.05, 3.63) is 35.9 Å². The maximum Gasteiger partial charge on any atom is 0.307 e. The molecule has 0 spiro atoms. The van der Waals surface area contributed by atoms with E-state index in [4.69, 9.17) is 5.11 Å². The van der Waals surface area contributed by atoms with Gasteiger partial charge in [-0.2, -0.15) is 11.8 Å². The molecule has 0 aliphatic heterocycles. The molecule has 3 atom stereocenters. The van der Waals surface area contributed by atoms with Crippen molar-refractivity contribution in [2.45, 2.75) is 30.4 Å². The lowest BCUT2D eigenvalue weighted by molar-refractivity contribution is -0.142. The smallest absolute Gasteiger partial charge is 0.307 e. The molecule has 19 heavy (non-hydrogen) atoms. The summed E-state index contributed by atoms with van der Waals surface area (Å²) >= 11 is 1.60. The van der Waals surface area contributed by atoms with Crippen LogP contribution in [0.2, 0.25) is 0 Å². The summed E-state index contributed by atoms with van der Waals surface area (Å²) in [6, 6.07) is 10.3. The van der Waals surface area contributed by atoms with Gasteiger partial charge in [0.2, 0.25) is 0 Å². The maximum atomic E-state index is 11.3. The molecule has 0 bridgehead atoms. The molecule has 3 unspecified atom stereocenters. The number of rotatable bonds is 5. The van der Waals surface area contributed by atoms with E-state index in [2.05, 4.69) is 12.1 Å². The zero-order valence-electron chi connectivity index (χ0n) is 10.9. The molecular weight excluding hydrogens is 260 g/mol. The molecule has 0 radical (unpaired) electrons. The Labute approximate surface area is 118 Å². The van der Waals surface area contributed by atoms with E-state index in [0.29, 0.717) is 11.7 Å². The molecule has 0 heterocycles. The molecule has 2 N–H and O–H groups in total. The number of hydrogen-bond acceptors (Lipinski definition) is 3. The highest BCUT2D eigenvalue weighted by Crippen LogP contribution is 2.41. The molecule has 4 heteroatoms. The molecule has 0 saturated heterocycles. The minimum atomic E-state index is -0.693. The third-order valence-electron chi connectivity index (χ3n) is 3.80. The number of aliphatic carboxylic acids is 1. The Morgan fingerprint density at radius 1 is 1.26 bits per heavy atom. The second-order valence-corrected chi connectivity index (χ2v) is 6.35.